The number of carbonyl (C=O) groups excluding carboxylic acids is 2. The van der Waals surface area contributed by atoms with Gasteiger partial charge in [0.25, 0.3) is 0 Å². The van der Waals surface area contributed by atoms with Crippen molar-refractivity contribution in [3.63, 3.8) is 0 Å². The molecule has 0 fully saturated rings. The summed E-state index contributed by atoms with van der Waals surface area (Å²) in [6, 6.07) is 3.62. The quantitative estimate of drug-likeness (QED) is 0.489. The Morgan fingerprint density at radius 1 is 1.16 bits per heavy atom. The van der Waals surface area contributed by atoms with Gasteiger partial charge in [-0.1, -0.05) is 6.08 Å². The van der Waals surface area contributed by atoms with E-state index >= 15 is 0 Å². The van der Waals surface area contributed by atoms with Crippen LogP contribution >= 0.6 is 0 Å². The molecule has 0 aliphatic heterocycles. The average Bonchev–Trinajstić information content (AvgIpc) is 2.85. The zero-order valence-electron chi connectivity index (χ0n) is 15.2. The third-order valence-electron chi connectivity index (χ3n) is 4.10. The van der Waals surface area contributed by atoms with E-state index in [1.807, 2.05) is 26.0 Å². The van der Waals surface area contributed by atoms with Crippen LogP contribution in [0.25, 0.3) is 6.08 Å². The van der Waals surface area contributed by atoms with Crippen molar-refractivity contribution in [1.82, 2.24) is 4.98 Å². The maximum Gasteiger partial charge on any atom is 0.340 e. The summed E-state index contributed by atoms with van der Waals surface area (Å²) in [6.45, 7) is 9.12. The Balaban J connectivity index is 2.30. The number of ether oxygens (including phenoxy) is 1. The highest BCUT2D eigenvalue weighted by Crippen LogP contribution is 2.24. The van der Waals surface area contributed by atoms with Crippen LogP contribution in [0, 0.1) is 27.7 Å². The number of esters is 1. The number of H-pyrrole nitrogens is 1. The molecule has 132 valence electrons. The number of hydrogen-bond donors (Lipinski definition) is 2. The SMILES string of the molecule is CCOC(=O)c1c(C)[nH]c(C(=O)/C=C/c2cc(C)c(O)c(C)c2)c1C. The number of aromatic hydroxyl groups is 1. The van der Waals surface area contributed by atoms with E-state index < -0.39 is 5.97 Å². The molecule has 0 unspecified atom stereocenters. The van der Waals surface area contributed by atoms with Crippen molar-refractivity contribution >= 4 is 17.8 Å². The highest BCUT2D eigenvalue weighted by atomic mass is 16.5. The predicted octanol–water partition coefficient (Wildman–Crippen LogP) is 4.03. The van der Waals surface area contributed by atoms with Gasteiger partial charge in [-0.2, -0.15) is 0 Å². The average molecular weight is 341 g/mol. The van der Waals surface area contributed by atoms with Gasteiger partial charge < -0.3 is 14.8 Å². The first kappa shape index (κ1) is 18.5. The Morgan fingerprint density at radius 3 is 2.32 bits per heavy atom. The number of carbonyl (C=O) groups is 2. The lowest BCUT2D eigenvalue weighted by Gasteiger charge is -2.04. The molecule has 1 heterocycles. The van der Waals surface area contributed by atoms with Gasteiger partial charge in [0.2, 0.25) is 5.78 Å². The number of nitrogens with one attached hydrogen (secondary N) is 1. The topological polar surface area (TPSA) is 79.4 Å². The second-order valence-electron chi connectivity index (χ2n) is 6.05. The van der Waals surface area contributed by atoms with Crippen molar-refractivity contribution in [2.45, 2.75) is 34.6 Å². The molecule has 1 aromatic carbocycles. The van der Waals surface area contributed by atoms with Crippen molar-refractivity contribution in [2.24, 2.45) is 0 Å². The smallest absolute Gasteiger partial charge is 0.340 e. The molecule has 0 aliphatic rings. The van der Waals surface area contributed by atoms with Crippen LogP contribution in [0.15, 0.2) is 18.2 Å². The van der Waals surface area contributed by atoms with E-state index in [0.717, 1.165) is 16.7 Å². The molecule has 2 rings (SSSR count). The van der Waals surface area contributed by atoms with Crippen LogP contribution in [-0.2, 0) is 4.74 Å². The summed E-state index contributed by atoms with van der Waals surface area (Å²) in [6.07, 6.45) is 3.15. The summed E-state index contributed by atoms with van der Waals surface area (Å²) in [5.74, 6) is -0.389. The summed E-state index contributed by atoms with van der Waals surface area (Å²) < 4.78 is 5.04. The fraction of sp³-hybridized carbons (Fsp3) is 0.300. The van der Waals surface area contributed by atoms with Gasteiger partial charge >= 0.3 is 5.97 Å². The second-order valence-corrected chi connectivity index (χ2v) is 6.05. The summed E-state index contributed by atoms with van der Waals surface area (Å²) in [5, 5.41) is 9.81. The van der Waals surface area contributed by atoms with Crippen LogP contribution in [0.2, 0.25) is 0 Å². The lowest BCUT2D eigenvalue weighted by Crippen LogP contribution is -2.07. The molecule has 0 saturated carbocycles. The predicted molar refractivity (Wildman–Crippen MR) is 97.2 cm³/mol. The van der Waals surface area contributed by atoms with E-state index in [1.54, 1.807) is 26.8 Å². The minimum absolute atomic E-state index is 0.223. The molecule has 0 spiro atoms. The fourth-order valence-electron chi connectivity index (χ4n) is 2.85. The lowest BCUT2D eigenvalue weighted by atomic mass is 10.0. The number of aryl methyl sites for hydroxylation is 3. The second kappa shape index (κ2) is 7.38. The molecular weight excluding hydrogens is 318 g/mol. The summed E-state index contributed by atoms with van der Waals surface area (Å²) in [7, 11) is 0. The number of aromatic nitrogens is 1. The molecule has 1 aromatic heterocycles. The summed E-state index contributed by atoms with van der Waals surface area (Å²) in [5.41, 5.74) is 4.33. The van der Waals surface area contributed by atoms with E-state index in [1.165, 1.54) is 6.08 Å². The highest BCUT2D eigenvalue weighted by molar-refractivity contribution is 6.08. The van der Waals surface area contributed by atoms with Gasteiger partial charge in [0.05, 0.1) is 17.9 Å². The van der Waals surface area contributed by atoms with E-state index in [0.29, 0.717) is 22.5 Å². The summed E-state index contributed by atoms with van der Waals surface area (Å²) >= 11 is 0. The molecule has 0 aliphatic carbocycles. The Hall–Kier alpha value is -2.82. The van der Waals surface area contributed by atoms with E-state index in [2.05, 4.69) is 4.98 Å². The minimum Gasteiger partial charge on any atom is -0.507 e. The third-order valence-corrected chi connectivity index (χ3v) is 4.10. The Labute approximate surface area is 147 Å². The maximum absolute atomic E-state index is 12.5. The normalized spacial score (nSPS) is 11.1. The number of benzene rings is 1. The number of ketones is 1. The molecule has 0 amide bonds. The van der Waals surface area contributed by atoms with Crippen molar-refractivity contribution in [3.8, 4) is 5.75 Å². The molecule has 2 aromatic rings. The van der Waals surface area contributed by atoms with Gasteiger partial charge in [-0.15, -0.1) is 0 Å². The Kier molecular flexibility index (Phi) is 5.47. The fourth-order valence-corrected chi connectivity index (χ4v) is 2.85. The van der Waals surface area contributed by atoms with Crippen molar-refractivity contribution in [1.29, 1.82) is 0 Å². The molecule has 25 heavy (non-hydrogen) atoms. The molecule has 0 saturated heterocycles. The van der Waals surface area contributed by atoms with Gasteiger partial charge in [0, 0.05) is 5.69 Å². The van der Waals surface area contributed by atoms with Gasteiger partial charge in [-0.3, -0.25) is 4.79 Å². The van der Waals surface area contributed by atoms with E-state index in [9.17, 15) is 14.7 Å². The highest BCUT2D eigenvalue weighted by Gasteiger charge is 2.21. The zero-order valence-corrected chi connectivity index (χ0v) is 15.2. The molecule has 0 bridgehead atoms. The minimum atomic E-state index is -0.429. The largest absolute Gasteiger partial charge is 0.507 e. The van der Waals surface area contributed by atoms with Gasteiger partial charge in [0.15, 0.2) is 0 Å². The van der Waals surface area contributed by atoms with E-state index in [-0.39, 0.29) is 18.1 Å². The molecular formula is C20H23NO4. The zero-order chi connectivity index (χ0) is 18.7. The number of rotatable bonds is 5. The van der Waals surface area contributed by atoms with Gasteiger partial charge in [-0.25, -0.2) is 4.79 Å². The van der Waals surface area contributed by atoms with Crippen LogP contribution in [0.4, 0.5) is 0 Å². The van der Waals surface area contributed by atoms with Crippen molar-refractivity contribution in [3.05, 3.63) is 57.4 Å². The number of allylic oxidation sites excluding steroid dienone is 1. The van der Waals surface area contributed by atoms with Crippen LogP contribution in [-0.4, -0.2) is 28.4 Å². The van der Waals surface area contributed by atoms with Crippen LogP contribution in [0.5, 0.6) is 5.75 Å². The van der Waals surface area contributed by atoms with Crippen LogP contribution < -0.4 is 0 Å². The van der Waals surface area contributed by atoms with Crippen molar-refractivity contribution < 1.29 is 19.4 Å². The first-order valence-electron chi connectivity index (χ1n) is 8.15. The maximum atomic E-state index is 12.5. The first-order valence-corrected chi connectivity index (χ1v) is 8.15. The molecule has 0 radical (unpaired) electrons. The number of hydrogen-bond acceptors (Lipinski definition) is 4. The van der Waals surface area contributed by atoms with Crippen molar-refractivity contribution in [2.75, 3.05) is 6.61 Å². The standard InChI is InChI=1S/C20H23NO4/c1-6-25-20(24)17-13(4)18(21-14(17)5)16(22)8-7-15-9-11(2)19(23)12(3)10-15/h7-10,21,23H,6H2,1-5H3/b8-7+. The van der Waals surface area contributed by atoms with Gasteiger partial charge in [-0.05, 0) is 75.1 Å². The van der Waals surface area contributed by atoms with Crippen LogP contribution in [0.3, 0.4) is 0 Å². The monoisotopic (exact) mass is 341 g/mol. The number of phenolic OH excluding ortho intramolecular Hbond substituents is 1. The summed E-state index contributed by atoms with van der Waals surface area (Å²) in [4.78, 5) is 27.5. The molecule has 2 N–H and O–H groups in total. The number of phenols is 1. The lowest BCUT2D eigenvalue weighted by molar-refractivity contribution is 0.0525. The van der Waals surface area contributed by atoms with Gasteiger partial charge in [0.1, 0.15) is 5.75 Å². The Bertz CT molecular complexity index is 836. The number of aromatic amines is 1. The van der Waals surface area contributed by atoms with Crippen LogP contribution in [0.1, 0.15) is 55.7 Å². The molecule has 5 heteroatoms. The first-order chi connectivity index (χ1) is 11.8. The Morgan fingerprint density at radius 2 is 1.76 bits per heavy atom. The van der Waals surface area contributed by atoms with E-state index in [4.69, 9.17) is 4.74 Å². The third kappa shape index (κ3) is 3.82. The molecule has 5 nitrogen and oxygen atoms in total. The molecule has 0 atom stereocenters.